The number of carbonyl (C=O) groups is 1. The summed E-state index contributed by atoms with van der Waals surface area (Å²) in [7, 11) is 0. The molecule has 156 valence electrons. The summed E-state index contributed by atoms with van der Waals surface area (Å²) in [6.45, 7) is 4.00. The maximum absolute atomic E-state index is 14.2. The lowest BCUT2D eigenvalue weighted by atomic mass is 9.74. The molecule has 1 aliphatic carbocycles. The van der Waals surface area contributed by atoms with Gasteiger partial charge in [0.05, 0.1) is 0 Å². The number of hydrogen-bond acceptors (Lipinski definition) is 4. The second-order valence-electron chi connectivity index (χ2n) is 9.15. The molecular formula is C24H25FN2O3. The Hall–Kier alpha value is -2.60. The van der Waals surface area contributed by atoms with Crippen LogP contribution in [0.5, 0.6) is 11.5 Å². The first-order valence-electron chi connectivity index (χ1n) is 10.9. The van der Waals surface area contributed by atoms with Gasteiger partial charge in [-0.3, -0.25) is 4.79 Å². The smallest absolute Gasteiger partial charge is 0.258 e. The summed E-state index contributed by atoms with van der Waals surface area (Å²) in [5, 5.41) is 0. The zero-order valence-corrected chi connectivity index (χ0v) is 16.9. The van der Waals surface area contributed by atoms with Crippen LogP contribution in [0.25, 0.3) is 0 Å². The van der Waals surface area contributed by atoms with Crippen LogP contribution in [0.4, 0.5) is 10.1 Å². The molecule has 0 radical (unpaired) electrons. The Kier molecular flexibility index (Phi) is 4.07. The fourth-order valence-corrected chi connectivity index (χ4v) is 5.26. The molecule has 6 heteroatoms. The highest BCUT2D eigenvalue weighted by molar-refractivity contribution is 6.08. The maximum atomic E-state index is 14.2. The molecule has 5 nitrogen and oxygen atoms in total. The van der Waals surface area contributed by atoms with Gasteiger partial charge in [0.25, 0.3) is 5.91 Å². The number of amides is 1. The zero-order chi connectivity index (χ0) is 20.3. The Balaban J connectivity index is 1.30. The second-order valence-corrected chi connectivity index (χ2v) is 9.15. The molecule has 30 heavy (non-hydrogen) atoms. The van der Waals surface area contributed by atoms with Crippen LogP contribution in [0.15, 0.2) is 36.4 Å². The SMILES string of the molecule is O=C(c1ccc2c(c1)OCO2)N1CC2(CCN(CC3CC3)CC2)c2cc(F)ccc21. The Morgan fingerprint density at radius 2 is 1.87 bits per heavy atom. The van der Waals surface area contributed by atoms with E-state index in [0.717, 1.165) is 43.1 Å². The zero-order valence-electron chi connectivity index (χ0n) is 16.9. The van der Waals surface area contributed by atoms with Crippen molar-refractivity contribution in [2.75, 3.05) is 37.9 Å². The topological polar surface area (TPSA) is 42.0 Å². The number of carbonyl (C=O) groups excluding carboxylic acids is 1. The quantitative estimate of drug-likeness (QED) is 0.771. The van der Waals surface area contributed by atoms with E-state index in [1.54, 1.807) is 30.3 Å². The van der Waals surface area contributed by atoms with Gasteiger partial charge in [-0.2, -0.15) is 0 Å². The third-order valence-corrected chi connectivity index (χ3v) is 7.17. The number of anilines is 1. The molecule has 1 saturated carbocycles. The van der Waals surface area contributed by atoms with Crippen molar-refractivity contribution in [2.45, 2.75) is 31.1 Å². The lowest BCUT2D eigenvalue weighted by molar-refractivity contribution is 0.0975. The van der Waals surface area contributed by atoms with E-state index in [-0.39, 0.29) is 23.9 Å². The minimum atomic E-state index is -0.231. The average Bonchev–Trinajstić information content (AvgIpc) is 3.36. The van der Waals surface area contributed by atoms with Crippen LogP contribution in [0.3, 0.4) is 0 Å². The van der Waals surface area contributed by atoms with Gasteiger partial charge in [-0.25, -0.2) is 4.39 Å². The van der Waals surface area contributed by atoms with E-state index in [1.807, 2.05) is 4.90 Å². The van der Waals surface area contributed by atoms with Crippen LogP contribution in [0.2, 0.25) is 0 Å². The van der Waals surface area contributed by atoms with Crippen molar-refractivity contribution in [3.05, 3.63) is 53.3 Å². The molecular weight excluding hydrogens is 383 g/mol. The van der Waals surface area contributed by atoms with Crippen molar-refractivity contribution in [3.8, 4) is 11.5 Å². The number of likely N-dealkylation sites (tertiary alicyclic amines) is 1. The molecule has 1 amide bonds. The summed E-state index contributed by atoms with van der Waals surface area (Å²) < 4.78 is 25.0. The number of piperidine rings is 1. The Morgan fingerprint density at radius 3 is 2.67 bits per heavy atom. The first kappa shape index (κ1) is 18.2. The first-order chi connectivity index (χ1) is 14.6. The van der Waals surface area contributed by atoms with Gasteiger partial charge in [0.1, 0.15) is 5.82 Å². The lowest BCUT2D eigenvalue weighted by Gasteiger charge is -2.40. The van der Waals surface area contributed by atoms with Crippen LogP contribution in [-0.4, -0.2) is 43.8 Å². The molecule has 3 aliphatic heterocycles. The highest BCUT2D eigenvalue weighted by atomic mass is 19.1. The number of nitrogens with zero attached hydrogens (tertiary/aromatic N) is 2. The number of hydrogen-bond donors (Lipinski definition) is 0. The molecule has 0 atom stereocenters. The molecule has 2 aromatic rings. The number of rotatable bonds is 3. The highest BCUT2D eigenvalue weighted by Crippen LogP contribution is 2.48. The van der Waals surface area contributed by atoms with Gasteiger partial charge in [0.2, 0.25) is 6.79 Å². The van der Waals surface area contributed by atoms with Crippen LogP contribution in [0.1, 0.15) is 41.6 Å². The second kappa shape index (κ2) is 6.71. The summed E-state index contributed by atoms with van der Waals surface area (Å²) in [5.41, 5.74) is 2.24. The van der Waals surface area contributed by atoms with Crippen molar-refractivity contribution >= 4 is 11.6 Å². The van der Waals surface area contributed by atoms with Gasteiger partial charge < -0.3 is 19.3 Å². The van der Waals surface area contributed by atoms with E-state index in [4.69, 9.17) is 9.47 Å². The van der Waals surface area contributed by atoms with E-state index in [0.29, 0.717) is 23.6 Å². The van der Waals surface area contributed by atoms with E-state index in [1.165, 1.54) is 25.5 Å². The molecule has 0 N–H and O–H groups in total. The van der Waals surface area contributed by atoms with Crippen molar-refractivity contribution in [1.29, 1.82) is 0 Å². The van der Waals surface area contributed by atoms with E-state index in [9.17, 15) is 9.18 Å². The molecule has 4 aliphatic rings. The summed E-state index contributed by atoms with van der Waals surface area (Å²) in [5.74, 6) is 1.83. The summed E-state index contributed by atoms with van der Waals surface area (Å²) in [6.07, 6.45) is 4.63. The standard InChI is InChI=1S/C24H25FN2O3/c25-18-4-5-20-19(12-18)24(7-9-26(10-8-24)13-16-1-2-16)14-27(20)23(28)17-3-6-21-22(11-17)30-15-29-21/h3-6,11-12,16H,1-2,7-10,13-15H2. The fourth-order valence-electron chi connectivity index (χ4n) is 5.26. The fraction of sp³-hybridized carbons (Fsp3) is 0.458. The van der Waals surface area contributed by atoms with Crippen molar-refractivity contribution in [3.63, 3.8) is 0 Å². The van der Waals surface area contributed by atoms with Crippen molar-refractivity contribution < 1.29 is 18.7 Å². The minimum Gasteiger partial charge on any atom is -0.454 e. The summed E-state index contributed by atoms with van der Waals surface area (Å²) in [4.78, 5) is 17.8. The third-order valence-electron chi connectivity index (χ3n) is 7.17. The van der Waals surface area contributed by atoms with E-state index < -0.39 is 0 Å². The molecule has 6 rings (SSSR count). The van der Waals surface area contributed by atoms with Crippen molar-refractivity contribution in [1.82, 2.24) is 4.90 Å². The third kappa shape index (κ3) is 2.97. The molecule has 1 saturated heterocycles. The molecule has 2 aromatic carbocycles. The Morgan fingerprint density at radius 1 is 1.07 bits per heavy atom. The molecule has 0 aromatic heterocycles. The van der Waals surface area contributed by atoms with Crippen LogP contribution < -0.4 is 14.4 Å². The Labute approximate surface area is 175 Å². The highest BCUT2D eigenvalue weighted by Gasteiger charge is 2.47. The predicted molar refractivity (Wildman–Crippen MR) is 111 cm³/mol. The number of fused-ring (bicyclic) bond motifs is 3. The molecule has 2 fully saturated rings. The minimum absolute atomic E-state index is 0.0709. The van der Waals surface area contributed by atoms with E-state index >= 15 is 0 Å². The van der Waals surface area contributed by atoms with Gasteiger partial charge in [0, 0.05) is 29.8 Å². The van der Waals surface area contributed by atoms with Crippen LogP contribution in [-0.2, 0) is 5.41 Å². The van der Waals surface area contributed by atoms with Crippen LogP contribution >= 0.6 is 0 Å². The van der Waals surface area contributed by atoms with Gasteiger partial charge >= 0.3 is 0 Å². The van der Waals surface area contributed by atoms with Gasteiger partial charge in [-0.05, 0) is 86.7 Å². The van der Waals surface area contributed by atoms with E-state index in [2.05, 4.69) is 4.90 Å². The largest absolute Gasteiger partial charge is 0.454 e. The molecule has 0 unspecified atom stereocenters. The average molecular weight is 408 g/mol. The normalized spacial score (nSPS) is 21.8. The van der Waals surface area contributed by atoms with Gasteiger partial charge in [-0.1, -0.05) is 0 Å². The molecule has 3 heterocycles. The van der Waals surface area contributed by atoms with Crippen LogP contribution in [0, 0.1) is 11.7 Å². The monoisotopic (exact) mass is 408 g/mol. The summed E-state index contributed by atoms with van der Waals surface area (Å²) >= 11 is 0. The lowest BCUT2D eigenvalue weighted by Crippen LogP contribution is -2.46. The van der Waals surface area contributed by atoms with Gasteiger partial charge in [-0.15, -0.1) is 0 Å². The summed E-state index contributed by atoms with van der Waals surface area (Å²) in [6, 6.07) is 10.2. The first-order valence-corrected chi connectivity index (χ1v) is 10.9. The Bertz CT molecular complexity index is 1010. The number of benzene rings is 2. The van der Waals surface area contributed by atoms with Crippen molar-refractivity contribution in [2.24, 2.45) is 5.92 Å². The number of halogens is 1. The van der Waals surface area contributed by atoms with Gasteiger partial charge in [0.15, 0.2) is 11.5 Å². The molecule has 0 bridgehead atoms. The predicted octanol–water partition coefficient (Wildman–Crippen LogP) is 3.96. The maximum Gasteiger partial charge on any atom is 0.258 e. The number of ether oxygens (including phenoxy) is 2. The molecule has 1 spiro atoms.